The highest BCUT2D eigenvalue weighted by atomic mass is 32.2. The topological polar surface area (TPSA) is 120 Å². The van der Waals surface area contributed by atoms with Crippen molar-refractivity contribution in [3.05, 3.63) is 48.8 Å². The minimum atomic E-state index is -0.579. The predicted octanol–water partition coefficient (Wildman–Crippen LogP) is 5.45. The lowest BCUT2D eigenvalue weighted by molar-refractivity contribution is 0.0636. The molecule has 1 amide bonds. The van der Waals surface area contributed by atoms with Crippen LogP contribution in [0.3, 0.4) is 0 Å². The molecule has 11 heteroatoms. The van der Waals surface area contributed by atoms with Crippen molar-refractivity contribution in [2.75, 3.05) is 42.5 Å². The zero-order valence-electron chi connectivity index (χ0n) is 20.4. The van der Waals surface area contributed by atoms with Gasteiger partial charge in [-0.25, -0.2) is 14.8 Å². The maximum atomic E-state index is 12.1. The molecule has 0 bridgehead atoms. The van der Waals surface area contributed by atoms with E-state index in [9.17, 15) is 4.79 Å². The maximum Gasteiger partial charge on any atom is 0.412 e. The SMILES string of the molecule is COCCOc1ccc(Nc2ncc(SC)c(Nc3cccc(NC(=O)OC(C)(C)C)c3)n2)cn1. The molecule has 0 radical (unpaired) electrons. The number of amides is 1. The van der Waals surface area contributed by atoms with E-state index in [1.54, 1.807) is 37.7 Å². The molecule has 0 aliphatic carbocycles. The highest BCUT2D eigenvalue weighted by Gasteiger charge is 2.16. The van der Waals surface area contributed by atoms with E-state index in [4.69, 9.17) is 14.2 Å². The van der Waals surface area contributed by atoms with Gasteiger partial charge < -0.3 is 24.8 Å². The fourth-order valence-electron chi connectivity index (χ4n) is 2.80. The molecule has 0 unspecified atom stereocenters. The third-order valence-electron chi connectivity index (χ3n) is 4.28. The number of thioether (sulfide) groups is 1. The van der Waals surface area contributed by atoms with E-state index in [0.29, 0.717) is 36.5 Å². The summed E-state index contributed by atoms with van der Waals surface area (Å²) in [6, 6.07) is 10.9. The zero-order chi connectivity index (χ0) is 25.3. The van der Waals surface area contributed by atoms with Crippen LogP contribution in [0, 0.1) is 0 Å². The van der Waals surface area contributed by atoms with Crippen LogP contribution in [0.1, 0.15) is 20.8 Å². The number of nitrogens with one attached hydrogen (secondary N) is 3. The molecule has 0 aliphatic heterocycles. The van der Waals surface area contributed by atoms with Crippen LogP contribution in [-0.4, -0.2) is 53.2 Å². The Kier molecular flexibility index (Phi) is 9.10. The number of methoxy groups -OCH3 is 1. The van der Waals surface area contributed by atoms with Gasteiger partial charge in [-0.2, -0.15) is 4.98 Å². The minimum absolute atomic E-state index is 0.406. The first kappa shape index (κ1) is 26.0. The molecular weight excluding hydrogens is 468 g/mol. The van der Waals surface area contributed by atoms with E-state index < -0.39 is 11.7 Å². The predicted molar refractivity (Wildman–Crippen MR) is 138 cm³/mol. The maximum absolute atomic E-state index is 12.1. The van der Waals surface area contributed by atoms with Gasteiger partial charge >= 0.3 is 6.09 Å². The van der Waals surface area contributed by atoms with E-state index in [1.807, 2.05) is 45.2 Å². The minimum Gasteiger partial charge on any atom is -0.475 e. The van der Waals surface area contributed by atoms with Crippen LogP contribution >= 0.6 is 11.8 Å². The fraction of sp³-hybridized carbons (Fsp3) is 0.333. The highest BCUT2D eigenvalue weighted by molar-refractivity contribution is 7.98. The number of aromatic nitrogens is 3. The average molecular weight is 499 g/mol. The Morgan fingerprint density at radius 2 is 1.80 bits per heavy atom. The summed E-state index contributed by atoms with van der Waals surface area (Å²) in [4.78, 5) is 26.2. The van der Waals surface area contributed by atoms with Crippen LogP contribution in [0.25, 0.3) is 0 Å². The van der Waals surface area contributed by atoms with Crippen molar-refractivity contribution in [2.24, 2.45) is 0 Å². The summed E-state index contributed by atoms with van der Waals surface area (Å²) in [6.45, 7) is 6.37. The van der Waals surface area contributed by atoms with Gasteiger partial charge in [-0.1, -0.05) is 6.07 Å². The van der Waals surface area contributed by atoms with E-state index in [-0.39, 0.29) is 0 Å². The molecule has 0 spiro atoms. The Morgan fingerprint density at radius 3 is 2.49 bits per heavy atom. The zero-order valence-corrected chi connectivity index (χ0v) is 21.2. The van der Waals surface area contributed by atoms with Crippen molar-refractivity contribution in [2.45, 2.75) is 31.3 Å². The molecule has 10 nitrogen and oxygen atoms in total. The summed E-state index contributed by atoms with van der Waals surface area (Å²) in [7, 11) is 1.62. The second kappa shape index (κ2) is 12.2. The molecule has 35 heavy (non-hydrogen) atoms. The van der Waals surface area contributed by atoms with Crippen molar-refractivity contribution < 1.29 is 19.0 Å². The summed E-state index contributed by atoms with van der Waals surface area (Å²) in [6.07, 6.45) is 4.81. The first-order valence-electron chi connectivity index (χ1n) is 10.9. The van der Waals surface area contributed by atoms with Crippen molar-refractivity contribution in [3.63, 3.8) is 0 Å². The van der Waals surface area contributed by atoms with Crippen molar-refractivity contribution >= 4 is 46.7 Å². The second-order valence-corrected chi connectivity index (χ2v) is 9.14. The Hall–Kier alpha value is -3.57. The third kappa shape index (κ3) is 8.62. The van der Waals surface area contributed by atoms with Crippen LogP contribution in [0.4, 0.5) is 33.6 Å². The van der Waals surface area contributed by atoms with Crippen LogP contribution in [0.2, 0.25) is 0 Å². The number of ether oxygens (including phenoxy) is 3. The molecule has 0 fully saturated rings. The van der Waals surface area contributed by atoms with Gasteiger partial charge in [0.1, 0.15) is 18.0 Å². The van der Waals surface area contributed by atoms with Gasteiger partial charge in [-0.15, -0.1) is 11.8 Å². The van der Waals surface area contributed by atoms with Crippen molar-refractivity contribution in [3.8, 4) is 5.88 Å². The monoisotopic (exact) mass is 498 g/mol. The molecule has 186 valence electrons. The fourth-order valence-corrected chi connectivity index (χ4v) is 3.25. The molecule has 3 N–H and O–H groups in total. The van der Waals surface area contributed by atoms with E-state index >= 15 is 0 Å². The lowest BCUT2D eigenvalue weighted by atomic mass is 10.2. The van der Waals surface area contributed by atoms with E-state index in [2.05, 4.69) is 30.9 Å². The largest absolute Gasteiger partial charge is 0.475 e. The smallest absolute Gasteiger partial charge is 0.412 e. The summed E-state index contributed by atoms with van der Waals surface area (Å²) < 4.78 is 15.8. The Bertz CT molecular complexity index is 1120. The van der Waals surface area contributed by atoms with E-state index in [0.717, 1.165) is 16.3 Å². The molecule has 0 saturated carbocycles. The summed E-state index contributed by atoms with van der Waals surface area (Å²) in [5.41, 5.74) is 1.49. The quantitative estimate of drug-likeness (QED) is 0.246. The summed E-state index contributed by atoms with van der Waals surface area (Å²) in [5, 5.41) is 9.19. The van der Waals surface area contributed by atoms with E-state index in [1.165, 1.54) is 11.8 Å². The molecule has 3 rings (SSSR count). The van der Waals surface area contributed by atoms with Crippen LogP contribution in [0.15, 0.2) is 53.7 Å². The number of pyridine rings is 1. The average Bonchev–Trinajstić information content (AvgIpc) is 2.79. The number of carbonyl (C=O) groups excluding carboxylic acids is 1. The number of benzene rings is 1. The molecule has 0 saturated heterocycles. The molecule has 1 aromatic carbocycles. The Labute approximate surface area is 209 Å². The molecule has 2 aromatic heterocycles. The van der Waals surface area contributed by atoms with Gasteiger partial charge in [0.05, 0.1) is 23.4 Å². The normalized spacial score (nSPS) is 11.0. The first-order valence-corrected chi connectivity index (χ1v) is 12.1. The Balaban J connectivity index is 1.70. The number of nitrogens with zero attached hydrogens (tertiary/aromatic N) is 3. The molecular formula is C24H30N6O4S. The highest BCUT2D eigenvalue weighted by Crippen LogP contribution is 2.28. The summed E-state index contributed by atoms with van der Waals surface area (Å²) in [5.74, 6) is 1.54. The van der Waals surface area contributed by atoms with Crippen molar-refractivity contribution in [1.82, 2.24) is 15.0 Å². The van der Waals surface area contributed by atoms with Crippen LogP contribution in [-0.2, 0) is 9.47 Å². The van der Waals surface area contributed by atoms with Crippen LogP contribution < -0.4 is 20.7 Å². The molecule has 3 aromatic rings. The van der Waals surface area contributed by atoms with Gasteiger partial charge in [0.25, 0.3) is 0 Å². The number of hydrogen-bond donors (Lipinski definition) is 3. The van der Waals surface area contributed by atoms with Crippen LogP contribution in [0.5, 0.6) is 5.88 Å². The first-order chi connectivity index (χ1) is 16.8. The van der Waals surface area contributed by atoms with Gasteiger partial charge in [0, 0.05) is 30.7 Å². The molecule has 0 atom stereocenters. The molecule has 0 aliphatic rings. The standard InChI is InChI=1S/C24H30N6O4S/c1-24(2,3)34-23(31)29-17-8-6-7-16(13-17)27-21-19(35-5)15-26-22(30-21)28-18-9-10-20(25-14-18)33-12-11-32-4/h6-10,13-15H,11-12H2,1-5H3,(H,29,31)(H2,26,27,28,30). The third-order valence-corrected chi connectivity index (χ3v) is 5.01. The lowest BCUT2D eigenvalue weighted by Crippen LogP contribution is -2.27. The van der Waals surface area contributed by atoms with Crippen molar-refractivity contribution in [1.29, 1.82) is 0 Å². The number of anilines is 5. The van der Waals surface area contributed by atoms with Gasteiger partial charge in [0.15, 0.2) is 0 Å². The lowest BCUT2D eigenvalue weighted by Gasteiger charge is -2.20. The Morgan fingerprint density at radius 1 is 1.00 bits per heavy atom. The second-order valence-electron chi connectivity index (χ2n) is 8.29. The van der Waals surface area contributed by atoms with Gasteiger partial charge in [-0.05, 0) is 51.3 Å². The van der Waals surface area contributed by atoms with Gasteiger partial charge in [0.2, 0.25) is 11.8 Å². The van der Waals surface area contributed by atoms with Gasteiger partial charge in [-0.3, -0.25) is 5.32 Å². The molecule has 2 heterocycles. The number of hydrogen-bond acceptors (Lipinski definition) is 10. The summed E-state index contributed by atoms with van der Waals surface area (Å²) >= 11 is 1.52. The number of carbonyl (C=O) groups is 1. The number of rotatable bonds is 10.